The number of aromatic hydroxyl groups is 1. The monoisotopic (exact) mass is 286 g/mol. The highest BCUT2D eigenvalue weighted by atomic mass is 16.4. The molecule has 1 aliphatic carbocycles. The summed E-state index contributed by atoms with van der Waals surface area (Å²) in [5.41, 5.74) is 0.517. The van der Waals surface area contributed by atoms with Crippen LogP contribution in [0.1, 0.15) is 39.7 Å². The number of aromatic carboxylic acids is 1. The minimum absolute atomic E-state index is 0.145. The Labute approximate surface area is 120 Å². The third kappa shape index (κ3) is 2.60. The number of carboxylic acids is 1. The van der Waals surface area contributed by atoms with Crippen molar-refractivity contribution >= 4 is 17.6 Å². The Morgan fingerprint density at radius 3 is 2.67 bits per heavy atom. The molecule has 3 N–H and O–H groups in total. The van der Waals surface area contributed by atoms with Gasteiger partial charge in [-0.15, -0.1) is 0 Å². The Morgan fingerprint density at radius 2 is 2.00 bits per heavy atom. The lowest BCUT2D eigenvalue weighted by Crippen LogP contribution is -2.18. The average molecular weight is 286 g/mol. The van der Waals surface area contributed by atoms with Crippen LogP contribution >= 0.6 is 0 Å². The van der Waals surface area contributed by atoms with Crippen LogP contribution in [0, 0.1) is 0 Å². The molecule has 1 aromatic carbocycles. The molecule has 0 radical (unpaired) electrons. The van der Waals surface area contributed by atoms with Crippen molar-refractivity contribution in [2.75, 3.05) is 5.32 Å². The van der Waals surface area contributed by atoms with E-state index in [-0.39, 0.29) is 22.9 Å². The lowest BCUT2D eigenvalue weighted by molar-refractivity contribution is 0.0697. The van der Waals surface area contributed by atoms with Gasteiger partial charge in [0.1, 0.15) is 11.4 Å². The van der Waals surface area contributed by atoms with Crippen LogP contribution in [-0.2, 0) is 0 Å². The van der Waals surface area contributed by atoms with E-state index in [1.165, 1.54) is 12.1 Å². The highest BCUT2D eigenvalue weighted by Gasteiger charge is 2.27. The van der Waals surface area contributed by atoms with Crippen molar-refractivity contribution in [1.29, 1.82) is 0 Å². The van der Waals surface area contributed by atoms with Crippen molar-refractivity contribution < 1.29 is 19.8 Å². The number of nitrogens with zero attached hydrogens (tertiary/aromatic N) is 1. The van der Waals surface area contributed by atoms with Gasteiger partial charge in [0.15, 0.2) is 0 Å². The zero-order valence-corrected chi connectivity index (χ0v) is 11.1. The second-order valence-electron chi connectivity index (χ2n) is 5.02. The predicted octanol–water partition coefficient (Wildman–Crippen LogP) is 2.48. The van der Waals surface area contributed by atoms with Gasteiger partial charge in [0.05, 0.1) is 11.3 Å². The number of anilines is 1. The Kier molecular flexibility index (Phi) is 3.13. The number of phenolic OH excluding ortho intramolecular Hbond substituents is 1. The van der Waals surface area contributed by atoms with Gasteiger partial charge < -0.3 is 20.1 Å². The quantitative estimate of drug-likeness (QED) is 0.753. The second kappa shape index (κ2) is 4.97. The first-order chi connectivity index (χ1) is 10.1. The first-order valence-corrected chi connectivity index (χ1v) is 6.61. The van der Waals surface area contributed by atoms with E-state index in [2.05, 4.69) is 5.32 Å². The maximum Gasteiger partial charge on any atom is 0.337 e. The molecule has 6 nitrogen and oxygen atoms in total. The van der Waals surface area contributed by atoms with E-state index >= 15 is 0 Å². The molecular formula is C15H14N2O4. The molecule has 3 rings (SSSR count). The largest absolute Gasteiger partial charge is 0.508 e. The van der Waals surface area contributed by atoms with Crippen molar-refractivity contribution in [2.24, 2.45) is 0 Å². The van der Waals surface area contributed by atoms with E-state index in [0.717, 1.165) is 18.9 Å². The summed E-state index contributed by atoms with van der Waals surface area (Å²) < 4.78 is 1.90. The fourth-order valence-electron chi connectivity index (χ4n) is 2.26. The van der Waals surface area contributed by atoms with E-state index in [1.807, 2.05) is 10.8 Å². The summed E-state index contributed by atoms with van der Waals surface area (Å²) in [5, 5.41) is 21.1. The van der Waals surface area contributed by atoms with Gasteiger partial charge in [-0.3, -0.25) is 4.79 Å². The van der Waals surface area contributed by atoms with Gasteiger partial charge in [0, 0.05) is 12.2 Å². The summed E-state index contributed by atoms with van der Waals surface area (Å²) in [5.74, 6) is -1.73. The molecule has 1 heterocycles. The molecule has 6 heteroatoms. The second-order valence-corrected chi connectivity index (χ2v) is 5.02. The number of benzene rings is 1. The molecule has 0 saturated heterocycles. The molecule has 1 aromatic heterocycles. The summed E-state index contributed by atoms with van der Waals surface area (Å²) in [6.07, 6.45) is 3.95. The first kappa shape index (κ1) is 13.2. The Morgan fingerprint density at radius 1 is 1.24 bits per heavy atom. The summed E-state index contributed by atoms with van der Waals surface area (Å²) in [4.78, 5) is 23.5. The summed E-state index contributed by atoms with van der Waals surface area (Å²) in [6, 6.07) is 7.68. The van der Waals surface area contributed by atoms with Crippen molar-refractivity contribution in [3.63, 3.8) is 0 Å². The highest BCUT2D eigenvalue weighted by molar-refractivity contribution is 6.07. The summed E-state index contributed by atoms with van der Waals surface area (Å²) >= 11 is 0. The van der Waals surface area contributed by atoms with Crippen molar-refractivity contribution in [3.8, 4) is 5.75 Å². The normalized spacial score (nSPS) is 13.9. The molecule has 1 fully saturated rings. The number of carbonyl (C=O) groups is 2. The maximum absolute atomic E-state index is 12.3. The van der Waals surface area contributed by atoms with Crippen LogP contribution < -0.4 is 5.32 Å². The lowest BCUT2D eigenvalue weighted by atomic mass is 10.1. The highest BCUT2D eigenvalue weighted by Crippen LogP contribution is 2.36. The molecule has 0 atom stereocenters. The van der Waals surface area contributed by atoms with E-state index in [1.54, 1.807) is 12.1 Å². The number of carbonyl (C=O) groups excluding carboxylic acids is 1. The molecule has 2 aromatic rings. The van der Waals surface area contributed by atoms with Crippen molar-refractivity contribution in [2.45, 2.75) is 18.9 Å². The fourth-order valence-corrected chi connectivity index (χ4v) is 2.26. The molecular weight excluding hydrogens is 272 g/mol. The minimum atomic E-state index is -1.21. The molecule has 108 valence electrons. The summed E-state index contributed by atoms with van der Waals surface area (Å²) in [6.45, 7) is 0. The fraction of sp³-hybridized carbons (Fsp3) is 0.200. The van der Waals surface area contributed by atoms with Crippen LogP contribution in [0.4, 0.5) is 5.69 Å². The van der Waals surface area contributed by atoms with Gasteiger partial charge in [-0.2, -0.15) is 0 Å². The number of hydrogen-bond acceptors (Lipinski definition) is 3. The maximum atomic E-state index is 12.3. The smallest absolute Gasteiger partial charge is 0.337 e. The van der Waals surface area contributed by atoms with Crippen LogP contribution in [0.5, 0.6) is 5.75 Å². The van der Waals surface area contributed by atoms with Crippen molar-refractivity contribution in [3.05, 3.63) is 47.8 Å². The molecule has 0 bridgehead atoms. The number of rotatable bonds is 4. The van der Waals surface area contributed by atoms with E-state index < -0.39 is 5.97 Å². The van der Waals surface area contributed by atoms with Gasteiger partial charge >= 0.3 is 5.97 Å². The predicted molar refractivity (Wildman–Crippen MR) is 75.7 cm³/mol. The molecule has 0 spiro atoms. The van der Waals surface area contributed by atoms with Crippen LogP contribution in [0.25, 0.3) is 0 Å². The number of aromatic nitrogens is 1. The van der Waals surface area contributed by atoms with E-state index in [4.69, 9.17) is 5.11 Å². The standard InChI is InChI=1S/C15H14N2O4/c18-10-5-6-12(11(8-10)15(20)21)16-14(19)13-2-1-7-17(13)9-3-4-9/h1-2,5-9,18H,3-4H2,(H,16,19)(H,20,21). The average Bonchev–Trinajstić information content (AvgIpc) is 3.17. The van der Waals surface area contributed by atoms with Gasteiger partial charge in [0.25, 0.3) is 5.91 Å². The Bertz CT molecular complexity index is 716. The third-order valence-electron chi connectivity index (χ3n) is 3.43. The number of amides is 1. The van der Waals surface area contributed by atoms with Gasteiger partial charge in [0.2, 0.25) is 0 Å². The lowest BCUT2D eigenvalue weighted by Gasteiger charge is -2.11. The van der Waals surface area contributed by atoms with Crippen LogP contribution in [-0.4, -0.2) is 26.7 Å². The number of phenols is 1. The van der Waals surface area contributed by atoms with E-state index in [0.29, 0.717) is 11.7 Å². The van der Waals surface area contributed by atoms with Gasteiger partial charge in [-0.1, -0.05) is 0 Å². The zero-order chi connectivity index (χ0) is 15.0. The van der Waals surface area contributed by atoms with Gasteiger partial charge in [-0.05, 0) is 43.2 Å². The number of nitrogens with one attached hydrogen (secondary N) is 1. The molecule has 1 aliphatic rings. The SMILES string of the molecule is O=C(O)c1cc(O)ccc1NC(=O)c1cccn1C1CC1. The van der Waals surface area contributed by atoms with Crippen LogP contribution in [0.3, 0.4) is 0 Å². The van der Waals surface area contributed by atoms with Crippen LogP contribution in [0.2, 0.25) is 0 Å². The summed E-state index contributed by atoms with van der Waals surface area (Å²) in [7, 11) is 0. The third-order valence-corrected chi connectivity index (χ3v) is 3.43. The molecule has 0 unspecified atom stereocenters. The van der Waals surface area contributed by atoms with Crippen LogP contribution in [0.15, 0.2) is 36.5 Å². The topological polar surface area (TPSA) is 91.6 Å². The zero-order valence-electron chi connectivity index (χ0n) is 11.1. The Hall–Kier alpha value is -2.76. The molecule has 1 amide bonds. The molecule has 1 saturated carbocycles. The molecule has 0 aliphatic heterocycles. The molecule has 21 heavy (non-hydrogen) atoms. The van der Waals surface area contributed by atoms with E-state index in [9.17, 15) is 14.7 Å². The number of carboxylic acid groups (broad SMARTS) is 1. The van der Waals surface area contributed by atoms with Crippen molar-refractivity contribution in [1.82, 2.24) is 4.57 Å². The minimum Gasteiger partial charge on any atom is -0.508 e. The Balaban J connectivity index is 1.88. The first-order valence-electron chi connectivity index (χ1n) is 6.61. The van der Waals surface area contributed by atoms with Gasteiger partial charge in [-0.25, -0.2) is 4.79 Å². The number of hydrogen-bond donors (Lipinski definition) is 3.